The van der Waals surface area contributed by atoms with Gasteiger partial charge in [-0.25, -0.2) is 10.6 Å². The van der Waals surface area contributed by atoms with Crippen LogP contribution < -0.4 is 11.6 Å². The molecular formula is C16H26ClN3O2. The van der Waals surface area contributed by atoms with Gasteiger partial charge in [0.05, 0.1) is 12.3 Å². The maximum absolute atomic E-state index is 12.3. The lowest BCUT2D eigenvalue weighted by atomic mass is 10.0. The fourth-order valence-electron chi connectivity index (χ4n) is 1.71. The van der Waals surface area contributed by atoms with Crippen molar-refractivity contribution in [2.24, 2.45) is 11.6 Å². The molecule has 0 atom stereocenters. The average molecular weight is 328 g/mol. The van der Waals surface area contributed by atoms with Gasteiger partial charge in [0.2, 0.25) is 0 Å². The lowest BCUT2D eigenvalue weighted by Crippen LogP contribution is -2.42. The summed E-state index contributed by atoms with van der Waals surface area (Å²) in [5, 5.41) is 1.62. The molecule has 0 amide bonds. The number of carbonyl (C=O) groups is 1. The highest BCUT2D eigenvalue weighted by molar-refractivity contribution is 6.32. The fourth-order valence-corrected chi connectivity index (χ4v) is 1.96. The van der Waals surface area contributed by atoms with E-state index in [1.165, 1.54) is 11.1 Å². The Morgan fingerprint density at radius 1 is 1.45 bits per heavy atom. The van der Waals surface area contributed by atoms with Crippen LogP contribution in [-0.2, 0) is 9.53 Å². The van der Waals surface area contributed by atoms with Crippen molar-refractivity contribution >= 4 is 17.6 Å². The van der Waals surface area contributed by atoms with E-state index in [1.54, 1.807) is 6.92 Å². The van der Waals surface area contributed by atoms with E-state index < -0.39 is 5.97 Å². The standard InChI is InChI=1S/C16H26ClN3O2/c1-7-11(6)13(12(17)8-2)14(18)15(16(21)22-9-3)20(19)10(4)5/h7-8,10H,2,9,18-19H2,1,3-6H3/b11-7-,13-12-,15-14-. The highest BCUT2D eigenvalue weighted by Gasteiger charge is 2.25. The van der Waals surface area contributed by atoms with E-state index in [1.807, 2.05) is 33.8 Å². The molecule has 0 aliphatic rings. The average Bonchev–Trinajstić information content (AvgIpc) is 2.47. The normalized spacial score (nSPS) is 14.3. The lowest BCUT2D eigenvalue weighted by Gasteiger charge is -2.27. The van der Waals surface area contributed by atoms with E-state index in [0.29, 0.717) is 10.6 Å². The number of hydrogen-bond acceptors (Lipinski definition) is 5. The number of allylic oxidation sites excluding steroid dienone is 4. The van der Waals surface area contributed by atoms with Gasteiger partial charge in [-0.1, -0.05) is 30.3 Å². The fraction of sp³-hybridized carbons (Fsp3) is 0.438. The highest BCUT2D eigenvalue weighted by atomic mass is 35.5. The van der Waals surface area contributed by atoms with Crippen molar-refractivity contribution in [2.45, 2.75) is 40.7 Å². The Bertz CT molecular complexity index is 519. The van der Waals surface area contributed by atoms with Crippen molar-refractivity contribution in [1.29, 1.82) is 0 Å². The number of halogens is 1. The second-order valence-electron chi connectivity index (χ2n) is 4.88. The van der Waals surface area contributed by atoms with E-state index >= 15 is 0 Å². The van der Waals surface area contributed by atoms with E-state index in [2.05, 4.69) is 6.58 Å². The number of carbonyl (C=O) groups excluding carboxylic acids is 1. The molecule has 0 aliphatic heterocycles. The number of rotatable bonds is 7. The van der Waals surface area contributed by atoms with E-state index in [9.17, 15) is 4.79 Å². The summed E-state index contributed by atoms with van der Waals surface area (Å²) >= 11 is 6.20. The SMILES string of the molecule is C=C/C(Cl)=C(C(\C)=C/C)/C(N)=C(\C(=O)OCC)N(N)C(C)C. The molecule has 0 spiro atoms. The Morgan fingerprint density at radius 3 is 2.36 bits per heavy atom. The summed E-state index contributed by atoms with van der Waals surface area (Å²) in [6, 6.07) is -0.146. The molecule has 0 radical (unpaired) electrons. The van der Waals surface area contributed by atoms with Gasteiger partial charge in [-0.05, 0) is 40.2 Å². The maximum Gasteiger partial charge on any atom is 0.358 e. The molecule has 0 fully saturated rings. The molecule has 4 N–H and O–H groups in total. The van der Waals surface area contributed by atoms with Crippen molar-refractivity contribution < 1.29 is 9.53 Å². The first-order valence-electron chi connectivity index (χ1n) is 7.09. The molecule has 0 aromatic carbocycles. The minimum Gasteiger partial charge on any atom is -0.461 e. The van der Waals surface area contributed by atoms with Crippen molar-refractivity contribution in [3.05, 3.63) is 46.3 Å². The smallest absolute Gasteiger partial charge is 0.358 e. The number of nitrogens with two attached hydrogens (primary N) is 2. The molecule has 0 saturated carbocycles. The zero-order valence-electron chi connectivity index (χ0n) is 13.9. The summed E-state index contributed by atoms with van der Waals surface area (Å²) < 4.78 is 5.06. The van der Waals surface area contributed by atoms with Crippen LogP contribution >= 0.6 is 11.6 Å². The zero-order chi connectivity index (χ0) is 17.4. The number of esters is 1. The van der Waals surface area contributed by atoms with Gasteiger partial charge in [-0.2, -0.15) is 0 Å². The minimum atomic E-state index is -0.592. The van der Waals surface area contributed by atoms with Gasteiger partial charge in [0.15, 0.2) is 5.70 Å². The zero-order valence-corrected chi connectivity index (χ0v) is 14.7. The molecule has 0 saturated heterocycles. The molecule has 0 unspecified atom stereocenters. The van der Waals surface area contributed by atoms with E-state index in [4.69, 9.17) is 27.9 Å². The predicted molar refractivity (Wildman–Crippen MR) is 91.5 cm³/mol. The Labute approximate surface area is 137 Å². The molecule has 5 nitrogen and oxygen atoms in total. The monoisotopic (exact) mass is 327 g/mol. The largest absolute Gasteiger partial charge is 0.461 e. The third kappa shape index (κ3) is 4.93. The van der Waals surface area contributed by atoms with Crippen LogP contribution in [0.3, 0.4) is 0 Å². The Morgan fingerprint density at radius 2 is 2.00 bits per heavy atom. The van der Waals surface area contributed by atoms with Crippen LogP contribution in [0.25, 0.3) is 0 Å². The van der Waals surface area contributed by atoms with Crippen LogP contribution in [0.2, 0.25) is 0 Å². The Kier molecular flexibility index (Phi) is 8.60. The van der Waals surface area contributed by atoms with Gasteiger partial charge < -0.3 is 15.5 Å². The van der Waals surface area contributed by atoms with E-state index in [0.717, 1.165) is 5.57 Å². The van der Waals surface area contributed by atoms with Crippen molar-refractivity contribution in [3.63, 3.8) is 0 Å². The third-order valence-electron chi connectivity index (χ3n) is 3.05. The van der Waals surface area contributed by atoms with Crippen LogP contribution in [0.5, 0.6) is 0 Å². The summed E-state index contributed by atoms with van der Waals surface area (Å²) in [5.74, 6) is 5.41. The van der Waals surface area contributed by atoms with Crippen LogP contribution in [-0.4, -0.2) is 23.6 Å². The quantitative estimate of drug-likeness (QED) is 0.247. The van der Waals surface area contributed by atoms with Crippen molar-refractivity contribution in [1.82, 2.24) is 5.01 Å². The van der Waals surface area contributed by atoms with Gasteiger partial charge in [-0.15, -0.1) is 0 Å². The molecule has 0 heterocycles. The van der Waals surface area contributed by atoms with Crippen LogP contribution in [0.4, 0.5) is 0 Å². The van der Waals surface area contributed by atoms with Gasteiger partial charge >= 0.3 is 5.97 Å². The molecule has 0 bridgehead atoms. The van der Waals surface area contributed by atoms with Gasteiger partial charge in [-0.3, -0.25) is 0 Å². The van der Waals surface area contributed by atoms with E-state index in [-0.39, 0.29) is 24.0 Å². The first-order chi connectivity index (χ1) is 10.2. The second kappa shape index (κ2) is 9.33. The molecular weight excluding hydrogens is 302 g/mol. The molecule has 0 rings (SSSR count). The van der Waals surface area contributed by atoms with Gasteiger partial charge in [0.25, 0.3) is 0 Å². The minimum absolute atomic E-state index is 0.0769. The topological polar surface area (TPSA) is 81.6 Å². The van der Waals surface area contributed by atoms with Crippen LogP contribution in [0.15, 0.2) is 46.3 Å². The first-order valence-corrected chi connectivity index (χ1v) is 7.47. The molecule has 6 heteroatoms. The molecule has 124 valence electrons. The van der Waals surface area contributed by atoms with Crippen LogP contribution in [0.1, 0.15) is 34.6 Å². The second-order valence-corrected chi connectivity index (χ2v) is 5.29. The van der Waals surface area contributed by atoms with Crippen molar-refractivity contribution in [3.8, 4) is 0 Å². The first kappa shape index (κ1) is 20.3. The third-order valence-corrected chi connectivity index (χ3v) is 3.40. The summed E-state index contributed by atoms with van der Waals surface area (Å²) in [7, 11) is 0. The lowest BCUT2D eigenvalue weighted by molar-refractivity contribution is -0.140. The predicted octanol–water partition coefficient (Wildman–Crippen LogP) is 2.95. The maximum atomic E-state index is 12.3. The summed E-state index contributed by atoms with van der Waals surface area (Å²) in [6.45, 7) is 13.0. The number of hydrazine groups is 1. The number of hydrogen-bond donors (Lipinski definition) is 2. The molecule has 0 aromatic heterocycles. The molecule has 0 aliphatic carbocycles. The van der Waals surface area contributed by atoms with Crippen molar-refractivity contribution in [2.75, 3.05) is 6.61 Å². The summed E-state index contributed by atoms with van der Waals surface area (Å²) in [6.07, 6.45) is 3.31. The molecule has 0 aromatic rings. The Balaban J connectivity index is 6.39. The summed E-state index contributed by atoms with van der Waals surface area (Å²) in [4.78, 5) is 12.3. The number of nitrogens with zero attached hydrogens (tertiary/aromatic N) is 1. The highest BCUT2D eigenvalue weighted by Crippen LogP contribution is 2.27. The Hall–Kier alpha value is -1.72. The number of ether oxygens (including phenoxy) is 1. The molecule has 22 heavy (non-hydrogen) atoms. The van der Waals surface area contributed by atoms with Crippen LogP contribution in [0, 0.1) is 0 Å². The van der Waals surface area contributed by atoms with Gasteiger partial charge in [0, 0.05) is 16.6 Å². The summed E-state index contributed by atoms with van der Waals surface area (Å²) in [5.41, 5.74) is 7.77. The van der Waals surface area contributed by atoms with Gasteiger partial charge in [0.1, 0.15) is 0 Å².